The van der Waals surface area contributed by atoms with Crippen molar-refractivity contribution in [2.24, 2.45) is 0 Å². The molecule has 0 atom stereocenters. The number of alkyl halides is 4. The molecule has 1 aromatic rings. The van der Waals surface area contributed by atoms with E-state index in [1.54, 1.807) is 4.90 Å². The van der Waals surface area contributed by atoms with Crippen LogP contribution in [-0.2, 0) is 6.18 Å². The fourth-order valence-corrected chi connectivity index (χ4v) is 2.05. The molecule has 0 aromatic heterocycles. The fourth-order valence-electron chi connectivity index (χ4n) is 1.66. The molecule has 0 N–H and O–H groups in total. The quantitative estimate of drug-likeness (QED) is 0.583. The number of nitrogens with zero attached hydrogens (tertiary/aromatic N) is 1. The van der Waals surface area contributed by atoms with E-state index in [2.05, 4.69) is 15.9 Å². The van der Waals surface area contributed by atoms with Gasteiger partial charge in [0.25, 0.3) is 0 Å². The molecule has 0 heterocycles. The van der Waals surface area contributed by atoms with E-state index in [1.807, 2.05) is 13.8 Å². The Morgan fingerprint density at radius 1 is 1.28 bits per heavy atom. The zero-order valence-electron chi connectivity index (χ0n) is 10.1. The normalized spacial score (nSPS) is 12.0. The summed E-state index contributed by atoms with van der Waals surface area (Å²) >= 11 is 3.24. The first-order valence-corrected chi connectivity index (χ1v) is 6.59. The van der Waals surface area contributed by atoms with Gasteiger partial charge in [0.05, 0.1) is 11.3 Å². The summed E-state index contributed by atoms with van der Waals surface area (Å²) in [7, 11) is 0. The number of hydrogen-bond donors (Lipinski definition) is 0. The van der Waals surface area contributed by atoms with Crippen LogP contribution in [0.3, 0.4) is 0 Å². The van der Waals surface area contributed by atoms with Crippen molar-refractivity contribution in [1.29, 1.82) is 0 Å². The lowest BCUT2D eigenvalue weighted by molar-refractivity contribution is -0.137. The van der Waals surface area contributed by atoms with E-state index in [-0.39, 0.29) is 11.7 Å². The third-order valence-electron chi connectivity index (χ3n) is 2.53. The van der Waals surface area contributed by atoms with Gasteiger partial charge in [-0.25, -0.2) is 4.39 Å². The molecule has 0 bridgehead atoms. The van der Waals surface area contributed by atoms with Crippen LogP contribution >= 0.6 is 15.9 Å². The average molecular weight is 328 g/mol. The summed E-state index contributed by atoms with van der Waals surface area (Å²) in [6.07, 6.45) is -4.52. The molecule has 0 aliphatic carbocycles. The Hall–Kier alpha value is -0.780. The van der Waals surface area contributed by atoms with E-state index < -0.39 is 17.6 Å². The molecule has 0 fully saturated rings. The molecule has 0 unspecified atom stereocenters. The van der Waals surface area contributed by atoms with Gasteiger partial charge in [0.1, 0.15) is 5.82 Å². The summed E-state index contributed by atoms with van der Waals surface area (Å²) < 4.78 is 51.0. The lowest BCUT2D eigenvalue weighted by atomic mass is 10.1. The predicted molar refractivity (Wildman–Crippen MR) is 67.7 cm³/mol. The van der Waals surface area contributed by atoms with Gasteiger partial charge in [-0.3, -0.25) is 0 Å². The highest BCUT2D eigenvalue weighted by atomic mass is 79.9. The van der Waals surface area contributed by atoms with Crippen LogP contribution in [0.5, 0.6) is 0 Å². The molecule has 0 aliphatic heterocycles. The topological polar surface area (TPSA) is 3.24 Å². The Bertz CT molecular complexity index is 404. The maximum Gasteiger partial charge on any atom is 0.416 e. The highest BCUT2D eigenvalue weighted by Gasteiger charge is 2.31. The van der Waals surface area contributed by atoms with E-state index in [9.17, 15) is 17.6 Å². The minimum Gasteiger partial charge on any atom is -0.366 e. The standard InChI is InChI=1S/C12H14BrF4N/c1-8(2)18(6-5-13)11-4-3-9(7-10(11)14)12(15,16)17/h3-4,7-8H,5-6H2,1-2H3. The third kappa shape index (κ3) is 3.60. The van der Waals surface area contributed by atoms with Crippen molar-refractivity contribution in [1.82, 2.24) is 0 Å². The minimum atomic E-state index is -4.52. The lowest BCUT2D eigenvalue weighted by Crippen LogP contribution is -2.33. The zero-order chi connectivity index (χ0) is 13.9. The molecule has 1 nitrogen and oxygen atoms in total. The summed E-state index contributed by atoms with van der Waals surface area (Å²) in [5.41, 5.74) is -0.774. The average Bonchev–Trinajstić information content (AvgIpc) is 2.24. The van der Waals surface area contributed by atoms with Crippen LogP contribution in [0.15, 0.2) is 18.2 Å². The lowest BCUT2D eigenvalue weighted by Gasteiger charge is -2.29. The molecule has 0 spiro atoms. The smallest absolute Gasteiger partial charge is 0.366 e. The van der Waals surface area contributed by atoms with Crippen molar-refractivity contribution in [2.75, 3.05) is 16.8 Å². The van der Waals surface area contributed by atoms with Gasteiger partial charge in [0.2, 0.25) is 0 Å². The second-order valence-electron chi connectivity index (χ2n) is 4.14. The summed E-state index contributed by atoms with van der Waals surface area (Å²) in [6, 6.07) is 2.63. The van der Waals surface area contributed by atoms with E-state index in [0.717, 1.165) is 6.07 Å². The summed E-state index contributed by atoms with van der Waals surface area (Å²) in [4.78, 5) is 1.71. The Morgan fingerprint density at radius 2 is 1.89 bits per heavy atom. The number of anilines is 1. The largest absolute Gasteiger partial charge is 0.416 e. The molecular weight excluding hydrogens is 314 g/mol. The van der Waals surface area contributed by atoms with Gasteiger partial charge >= 0.3 is 6.18 Å². The molecule has 6 heteroatoms. The zero-order valence-corrected chi connectivity index (χ0v) is 11.6. The second-order valence-corrected chi connectivity index (χ2v) is 4.93. The van der Waals surface area contributed by atoms with Crippen LogP contribution in [0.25, 0.3) is 0 Å². The summed E-state index contributed by atoms with van der Waals surface area (Å²) in [5.74, 6) is -0.848. The van der Waals surface area contributed by atoms with Gasteiger partial charge in [0, 0.05) is 17.9 Å². The molecular formula is C12H14BrF4N. The number of halogens is 5. The molecule has 1 aromatic carbocycles. The maximum absolute atomic E-state index is 13.8. The van der Waals surface area contributed by atoms with E-state index >= 15 is 0 Å². The van der Waals surface area contributed by atoms with Gasteiger partial charge < -0.3 is 4.90 Å². The van der Waals surface area contributed by atoms with Crippen molar-refractivity contribution in [3.8, 4) is 0 Å². The monoisotopic (exact) mass is 327 g/mol. The second kappa shape index (κ2) is 5.91. The van der Waals surface area contributed by atoms with Crippen LogP contribution in [0.1, 0.15) is 19.4 Å². The fraction of sp³-hybridized carbons (Fsp3) is 0.500. The van der Waals surface area contributed by atoms with Crippen molar-refractivity contribution in [3.05, 3.63) is 29.6 Å². The molecule has 18 heavy (non-hydrogen) atoms. The Balaban J connectivity index is 3.11. The van der Waals surface area contributed by atoms with Crippen molar-refractivity contribution >= 4 is 21.6 Å². The van der Waals surface area contributed by atoms with Crippen LogP contribution in [0, 0.1) is 5.82 Å². The number of hydrogen-bond acceptors (Lipinski definition) is 1. The number of benzene rings is 1. The van der Waals surface area contributed by atoms with Gasteiger partial charge in [-0.2, -0.15) is 13.2 Å². The molecule has 0 radical (unpaired) electrons. The molecule has 0 amide bonds. The maximum atomic E-state index is 13.8. The Morgan fingerprint density at radius 3 is 2.28 bits per heavy atom. The first kappa shape index (κ1) is 15.3. The molecule has 0 saturated carbocycles. The van der Waals surface area contributed by atoms with E-state index in [1.165, 1.54) is 6.07 Å². The number of rotatable bonds is 4. The van der Waals surface area contributed by atoms with Gasteiger partial charge in [0.15, 0.2) is 0 Å². The van der Waals surface area contributed by atoms with Crippen LogP contribution in [0.4, 0.5) is 23.2 Å². The van der Waals surface area contributed by atoms with E-state index in [4.69, 9.17) is 0 Å². The molecule has 0 aliphatic rings. The van der Waals surface area contributed by atoms with E-state index in [0.29, 0.717) is 17.9 Å². The highest BCUT2D eigenvalue weighted by Crippen LogP contribution is 2.32. The highest BCUT2D eigenvalue weighted by molar-refractivity contribution is 9.09. The van der Waals surface area contributed by atoms with Crippen molar-refractivity contribution in [2.45, 2.75) is 26.1 Å². The third-order valence-corrected chi connectivity index (χ3v) is 2.89. The molecule has 0 saturated heterocycles. The van der Waals surface area contributed by atoms with Crippen LogP contribution in [-0.4, -0.2) is 17.9 Å². The van der Waals surface area contributed by atoms with Crippen LogP contribution < -0.4 is 4.90 Å². The molecule has 1 rings (SSSR count). The SMILES string of the molecule is CC(C)N(CCBr)c1ccc(C(F)(F)F)cc1F. The summed E-state index contributed by atoms with van der Waals surface area (Å²) in [6.45, 7) is 4.25. The van der Waals surface area contributed by atoms with Crippen molar-refractivity contribution < 1.29 is 17.6 Å². The van der Waals surface area contributed by atoms with Crippen molar-refractivity contribution in [3.63, 3.8) is 0 Å². The molecule has 102 valence electrons. The van der Waals surface area contributed by atoms with Crippen LogP contribution in [0.2, 0.25) is 0 Å². The summed E-state index contributed by atoms with van der Waals surface area (Å²) in [5, 5.41) is 0.617. The first-order chi connectivity index (χ1) is 8.27. The Labute approximate surface area is 112 Å². The minimum absolute atomic E-state index is 0.00814. The van der Waals surface area contributed by atoms with Gasteiger partial charge in [-0.15, -0.1) is 0 Å². The predicted octanol–water partition coefficient (Wildman–Crippen LogP) is 4.45. The first-order valence-electron chi connectivity index (χ1n) is 5.46. The van der Waals surface area contributed by atoms with Gasteiger partial charge in [-0.05, 0) is 32.0 Å². The Kier molecular flexibility index (Phi) is 5.01. The van der Waals surface area contributed by atoms with Gasteiger partial charge in [-0.1, -0.05) is 15.9 Å².